The van der Waals surface area contributed by atoms with E-state index in [9.17, 15) is 22.8 Å². The molecule has 7 nitrogen and oxygen atoms in total. The molecule has 2 aromatic rings. The van der Waals surface area contributed by atoms with Gasteiger partial charge >= 0.3 is 0 Å². The summed E-state index contributed by atoms with van der Waals surface area (Å²) in [7, 11) is 0. The molecule has 5 N–H and O–H groups in total. The highest BCUT2D eigenvalue weighted by Crippen LogP contribution is 2.34. The van der Waals surface area contributed by atoms with Crippen molar-refractivity contribution in [2.75, 3.05) is 12.3 Å². The van der Waals surface area contributed by atoms with Crippen LogP contribution in [0.15, 0.2) is 36.4 Å². The third-order valence-electron chi connectivity index (χ3n) is 6.51. The zero-order chi connectivity index (χ0) is 24.6. The lowest BCUT2D eigenvalue weighted by Gasteiger charge is -2.37. The minimum absolute atomic E-state index is 0.175. The lowest BCUT2D eigenvalue weighted by atomic mass is 9.91. The van der Waals surface area contributed by atoms with Gasteiger partial charge in [0.05, 0.1) is 12.1 Å². The summed E-state index contributed by atoms with van der Waals surface area (Å²) in [6, 6.07) is 4.83. The van der Waals surface area contributed by atoms with Gasteiger partial charge in [-0.3, -0.25) is 14.5 Å². The van der Waals surface area contributed by atoms with E-state index < -0.39 is 35.8 Å². The van der Waals surface area contributed by atoms with Gasteiger partial charge in [-0.1, -0.05) is 18.2 Å². The first kappa shape index (κ1) is 23.7. The molecule has 0 bridgehead atoms. The highest BCUT2D eigenvalue weighted by molar-refractivity contribution is 5.88. The monoisotopic (exact) mass is 473 g/mol. The van der Waals surface area contributed by atoms with Gasteiger partial charge in [-0.2, -0.15) is 0 Å². The van der Waals surface area contributed by atoms with E-state index in [1.54, 1.807) is 17.9 Å². The van der Waals surface area contributed by atoms with Crippen LogP contribution in [0, 0.1) is 5.82 Å². The molecule has 0 radical (unpaired) electrons. The largest absolute Gasteiger partial charge is 0.384 e. The molecule has 10 heteroatoms. The van der Waals surface area contributed by atoms with Crippen LogP contribution in [-0.2, 0) is 16.0 Å². The van der Waals surface area contributed by atoms with Crippen LogP contribution in [-0.4, -0.2) is 40.3 Å². The SMILES string of the molecule is C[C@@H](C(=O)N[C@@H]1CCc2nc(N)ccc21)N1CCC(c2ccc(F)cc2C(F)F)=CC1C(N)=O. The van der Waals surface area contributed by atoms with Crippen molar-refractivity contribution in [1.82, 2.24) is 15.2 Å². The first-order valence-corrected chi connectivity index (χ1v) is 11.0. The smallest absolute Gasteiger partial charge is 0.264 e. The van der Waals surface area contributed by atoms with Crippen molar-refractivity contribution in [3.63, 3.8) is 0 Å². The lowest BCUT2D eigenvalue weighted by molar-refractivity contribution is -0.130. The molecule has 1 aliphatic heterocycles. The Kier molecular flexibility index (Phi) is 6.60. The molecule has 1 unspecified atom stereocenters. The van der Waals surface area contributed by atoms with E-state index in [0.717, 1.165) is 23.4 Å². The molecule has 1 aliphatic carbocycles. The van der Waals surface area contributed by atoms with Crippen LogP contribution in [0.25, 0.3) is 5.57 Å². The van der Waals surface area contributed by atoms with Gasteiger partial charge in [-0.05, 0) is 61.1 Å². The molecule has 1 aromatic carbocycles. The summed E-state index contributed by atoms with van der Waals surface area (Å²) < 4.78 is 40.5. The van der Waals surface area contributed by atoms with Gasteiger partial charge in [0.25, 0.3) is 6.43 Å². The number of amides is 2. The van der Waals surface area contributed by atoms with Gasteiger partial charge in [-0.25, -0.2) is 18.2 Å². The number of aromatic nitrogens is 1. The van der Waals surface area contributed by atoms with Crippen LogP contribution in [0.2, 0.25) is 0 Å². The Balaban J connectivity index is 1.54. The summed E-state index contributed by atoms with van der Waals surface area (Å²) in [4.78, 5) is 31.3. The molecule has 4 rings (SSSR count). The maximum absolute atomic E-state index is 13.5. The highest BCUT2D eigenvalue weighted by Gasteiger charge is 2.35. The van der Waals surface area contributed by atoms with Gasteiger partial charge < -0.3 is 16.8 Å². The van der Waals surface area contributed by atoms with Crippen LogP contribution in [0.1, 0.15) is 54.6 Å². The number of benzene rings is 1. The fourth-order valence-electron chi connectivity index (χ4n) is 4.75. The molecule has 0 fully saturated rings. The molecule has 180 valence electrons. The fraction of sp³-hybridized carbons (Fsp3) is 0.375. The van der Waals surface area contributed by atoms with E-state index in [1.165, 1.54) is 12.1 Å². The summed E-state index contributed by atoms with van der Waals surface area (Å²) in [6.45, 7) is 1.91. The van der Waals surface area contributed by atoms with Crippen LogP contribution < -0.4 is 16.8 Å². The number of nitrogens with zero attached hydrogens (tertiary/aromatic N) is 2. The summed E-state index contributed by atoms with van der Waals surface area (Å²) in [5.74, 6) is -1.33. The summed E-state index contributed by atoms with van der Waals surface area (Å²) in [5.41, 5.74) is 13.3. The maximum atomic E-state index is 13.5. The molecule has 0 saturated carbocycles. The third-order valence-corrected chi connectivity index (χ3v) is 6.51. The topological polar surface area (TPSA) is 114 Å². The summed E-state index contributed by atoms with van der Waals surface area (Å²) in [5, 5.41) is 3.01. The second-order valence-corrected chi connectivity index (χ2v) is 8.61. The predicted octanol–water partition coefficient (Wildman–Crippen LogP) is 2.88. The lowest BCUT2D eigenvalue weighted by Crippen LogP contribution is -2.55. The van der Waals surface area contributed by atoms with Crippen LogP contribution in [0.3, 0.4) is 0 Å². The molecule has 34 heavy (non-hydrogen) atoms. The van der Waals surface area contributed by atoms with Crippen molar-refractivity contribution in [3.05, 3.63) is 64.6 Å². The Morgan fingerprint density at radius 3 is 2.68 bits per heavy atom. The second-order valence-electron chi connectivity index (χ2n) is 8.61. The number of anilines is 1. The predicted molar refractivity (Wildman–Crippen MR) is 121 cm³/mol. The summed E-state index contributed by atoms with van der Waals surface area (Å²) in [6.07, 6.45) is 0.299. The quantitative estimate of drug-likeness (QED) is 0.597. The van der Waals surface area contributed by atoms with Crippen molar-refractivity contribution in [2.45, 2.75) is 50.7 Å². The molecule has 2 heterocycles. The van der Waals surface area contributed by atoms with Gasteiger partial charge in [0.15, 0.2) is 0 Å². The molecule has 1 aromatic heterocycles. The number of carbonyl (C=O) groups is 2. The Morgan fingerprint density at radius 1 is 1.21 bits per heavy atom. The van der Waals surface area contributed by atoms with E-state index in [-0.39, 0.29) is 24.1 Å². The molecular weight excluding hydrogens is 447 g/mol. The Hall–Kier alpha value is -3.40. The van der Waals surface area contributed by atoms with Gasteiger partial charge in [0.2, 0.25) is 11.8 Å². The fourth-order valence-corrected chi connectivity index (χ4v) is 4.75. The third kappa shape index (κ3) is 4.63. The number of hydrogen-bond donors (Lipinski definition) is 3. The molecule has 0 spiro atoms. The number of nitrogen functional groups attached to an aromatic ring is 1. The van der Waals surface area contributed by atoms with Crippen LogP contribution in [0.4, 0.5) is 19.0 Å². The van der Waals surface area contributed by atoms with Gasteiger partial charge in [0.1, 0.15) is 17.7 Å². The van der Waals surface area contributed by atoms with E-state index in [0.29, 0.717) is 30.7 Å². The first-order chi connectivity index (χ1) is 16.2. The van der Waals surface area contributed by atoms with Crippen LogP contribution in [0.5, 0.6) is 0 Å². The molecule has 3 atom stereocenters. The Bertz CT molecular complexity index is 1150. The number of aryl methyl sites for hydroxylation is 1. The molecule has 2 aliphatic rings. The van der Waals surface area contributed by atoms with Crippen LogP contribution >= 0.6 is 0 Å². The number of alkyl halides is 2. The molecule has 0 saturated heterocycles. The van der Waals surface area contributed by atoms with E-state index in [1.807, 2.05) is 6.07 Å². The Labute approximate surface area is 195 Å². The zero-order valence-electron chi connectivity index (χ0n) is 18.6. The number of pyridine rings is 1. The zero-order valence-corrected chi connectivity index (χ0v) is 18.6. The first-order valence-electron chi connectivity index (χ1n) is 11.0. The van der Waals surface area contributed by atoms with E-state index >= 15 is 0 Å². The average molecular weight is 473 g/mol. The maximum Gasteiger partial charge on any atom is 0.264 e. The number of halogens is 3. The number of rotatable bonds is 6. The number of nitrogens with two attached hydrogens (primary N) is 2. The van der Waals surface area contributed by atoms with Crippen molar-refractivity contribution in [3.8, 4) is 0 Å². The Morgan fingerprint density at radius 2 is 1.97 bits per heavy atom. The number of carbonyl (C=O) groups excluding carboxylic acids is 2. The highest BCUT2D eigenvalue weighted by atomic mass is 19.3. The van der Waals surface area contributed by atoms with E-state index in [2.05, 4.69) is 10.3 Å². The summed E-state index contributed by atoms with van der Waals surface area (Å²) >= 11 is 0. The number of hydrogen-bond acceptors (Lipinski definition) is 5. The number of fused-ring (bicyclic) bond motifs is 1. The van der Waals surface area contributed by atoms with Gasteiger partial charge in [0, 0.05) is 17.8 Å². The van der Waals surface area contributed by atoms with Crippen molar-refractivity contribution >= 4 is 23.2 Å². The van der Waals surface area contributed by atoms with Gasteiger partial charge in [-0.15, -0.1) is 0 Å². The average Bonchev–Trinajstić information content (AvgIpc) is 3.19. The number of primary amides is 1. The normalized spacial score (nSPS) is 21.1. The van der Waals surface area contributed by atoms with Crippen molar-refractivity contribution in [1.29, 1.82) is 0 Å². The van der Waals surface area contributed by atoms with Crippen molar-refractivity contribution in [2.24, 2.45) is 5.73 Å². The molecule has 2 amide bonds. The standard InChI is InChI=1S/C24H26F3N5O2/c1-12(24(34)31-19-6-5-18-16(19)4-7-21(28)30-18)32-9-8-13(10-20(32)23(29)33)15-3-2-14(25)11-17(15)22(26)27/h2-4,7,10-12,19-20,22H,5-6,8-9H2,1H3,(H2,28,30)(H2,29,33)(H,31,34)/t12-,19+,20?/m0/s1. The minimum atomic E-state index is -2.87. The van der Waals surface area contributed by atoms with Crippen molar-refractivity contribution < 1.29 is 22.8 Å². The minimum Gasteiger partial charge on any atom is -0.384 e. The number of nitrogens with one attached hydrogen (secondary N) is 1. The second kappa shape index (κ2) is 9.46. The molecular formula is C24H26F3N5O2. The van der Waals surface area contributed by atoms with E-state index in [4.69, 9.17) is 11.5 Å².